The van der Waals surface area contributed by atoms with Gasteiger partial charge in [-0.15, -0.1) is 0 Å². The molecule has 0 heterocycles. The maximum atomic E-state index is 10.0. The maximum Gasteiger partial charge on any atom is 0.327 e. The molecule has 70 valence electrons. The Morgan fingerprint density at radius 1 is 1.25 bits per heavy atom. The number of hydrogen-bond acceptors (Lipinski definition) is 1. The summed E-state index contributed by atoms with van der Waals surface area (Å²) in [4.78, 5) is 10.0. The van der Waals surface area contributed by atoms with Crippen molar-refractivity contribution in [2.75, 3.05) is 6.54 Å². The lowest BCUT2D eigenvalue weighted by Crippen LogP contribution is -2.50. The van der Waals surface area contributed by atoms with E-state index in [9.17, 15) is 4.79 Å². The summed E-state index contributed by atoms with van der Waals surface area (Å²) in [5, 5.41) is 8.26. The molecule has 12 heavy (non-hydrogen) atoms. The van der Waals surface area contributed by atoms with Gasteiger partial charge in [-0.1, -0.05) is 12.5 Å². The molecule has 0 aromatic rings. The number of hydrogen-bond donors (Lipinski definition) is 2. The van der Waals surface area contributed by atoms with Crippen molar-refractivity contribution in [1.82, 2.24) is 0 Å². The van der Waals surface area contributed by atoms with Crippen LogP contribution in [0.15, 0.2) is 12.2 Å². The van der Waals surface area contributed by atoms with Gasteiger partial charge in [0.05, 0.1) is 6.54 Å². The third-order valence-electron chi connectivity index (χ3n) is 1.63. The second-order valence-electron chi connectivity index (χ2n) is 2.80. The van der Waals surface area contributed by atoms with Crippen LogP contribution in [0, 0.1) is 0 Å². The molecule has 0 aromatic carbocycles. The number of rotatable bonds is 7. The summed E-state index contributed by atoms with van der Waals surface area (Å²) >= 11 is 0. The summed E-state index contributed by atoms with van der Waals surface area (Å²) in [6, 6.07) is 0. The molecule has 0 saturated carbocycles. The van der Waals surface area contributed by atoms with Crippen LogP contribution in [0.5, 0.6) is 0 Å². The topological polar surface area (TPSA) is 64.9 Å². The third-order valence-corrected chi connectivity index (χ3v) is 1.63. The molecule has 0 bridgehead atoms. The van der Waals surface area contributed by atoms with Crippen LogP contribution in [-0.4, -0.2) is 17.6 Å². The molecule has 0 fully saturated rings. The molecule has 4 N–H and O–H groups in total. The molecule has 0 aliphatic rings. The van der Waals surface area contributed by atoms with Crippen molar-refractivity contribution >= 4 is 5.97 Å². The number of quaternary nitrogens is 1. The largest absolute Gasteiger partial charge is 0.478 e. The highest BCUT2D eigenvalue weighted by Crippen LogP contribution is 2.02. The first-order valence-electron chi connectivity index (χ1n) is 4.46. The lowest BCUT2D eigenvalue weighted by Gasteiger charge is -1.94. The minimum absolute atomic E-state index is 0.854. The minimum atomic E-state index is -0.854. The Morgan fingerprint density at radius 3 is 2.50 bits per heavy atom. The Kier molecular flexibility index (Phi) is 7.70. The summed E-state index contributed by atoms with van der Waals surface area (Å²) in [6.45, 7) is 1.00. The van der Waals surface area contributed by atoms with Crippen LogP contribution in [-0.2, 0) is 4.79 Å². The van der Waals surface area contributed by atoms with Gasteiger partial charge in [-0.25, -0.2) is 4.79 Å². The highest BCUT2D eigenvalue weighted by molar-refractivity contribution is 5.79. The molecule has 0 rings (SSSR count). The summed E-state index contributed by atoms with van der Waals surface area (Å²) in [6.07, 6.45) is 8.47. The molecule has 0 unspecified atom stereocenters. The van der Waals surface area contributed by atoms with E-state index in [2.05, 4.69) is 5.73 Å². The highest BCUT2D eigenvalue weighted by atomic mass is 16.4. The van der Waals surface area contributed by atoms with Gasteiger partial charge in [0.1, 0.15) is 0 Å². The van der Waals surface area contributed by atoms with E-state index >= 15 is 0 Å². The van der Waals surface area contributed by atoms with Gasteiger partial charge in [-0.2, -0.15) is 0 Å². The van der Waals surface area contributed by atoms with Crippen LogP contribution in [0.2, 0.25) is 0 Å². The smallest absolute Gasteiger partial charge is 0.327 e. The maximum absolute atomic E-state index is 10.0. The average Bonchev–Trinajstić information content (AvgIpc) is 2.02. The fraction of sp³-hybridized carbons (Fsp3) is 0.667. The van der Waals surface area contributed by atoms with Gasteiger partial charge in [0, 0.05) is 6.08 Å². The molecule has 0 saturated heterocycles. The predicted molar refractivity (Wildman–Crippen MR) is 47.6 cm³/mol. The highest BCUT2D eigenvalue weighted by Gasteiger charge is 1.88. The molecule has 0 aromatic heterocycles. The molecular formula is C9H18NO2+. The second kappa shape index (κ2) is 8.27. The van der Waals surface area contributed by atoms with Crippen LogP contribution in [0.25, 0.3) is 0 Å². The molecule has 0 aliphatic heterocycles. The van der Waals surface area contributed by atoms with Gasteiger partial charge in [-0.05, 0) is 25.7 Å². The molecule has 3 nitrogen and oxygen atoms in total. The number of unbranched alkanes of at least 4 members (excludes halogenated alkanes) is 4. The van der Waals surface area contributed by atoms with E-state index in [4.69, 9.17) is 5.11 Å². The zero-order valence-electron chi connectivity index (χ0n) is 7.46. The summed E-state index contributed by atoms with van der Waals surface area (Å²) in [5.74, 6) is -0.854. The number of carboxylic acids is 1. The fourth-order valence-corrected chi connectivity index (χ4v) is 0.977. The monoisotopic (exact) mass is 172 g/mol. The molecule has 0 amide bonds. The summed E-state index contributed by atoms with van der Waals surface area (Å²) in [5.41, 5.74) is 3.75. The van der Waals surface area contributed by atoms with Crippen molar-refractivity contribution < 1.29 is 15.6 Å². The molecule has 3 heteroatoms. The summed E-state index contributed by atoms with van der Waals surface area (Å²) in [7, 11) is 0. The Bertz CT molecular complexity index is 143. The van der Waals surface area contributed by atoms with Crippen molar-refractivity contribution in [1.29, 1.82) is 0 Å². The quantitative estimate of drug-likeness (QED) is 0.441. The normalized spacial score (nSPS) is 10.8. The lowest BCUT2D eigenvalue weighted by atomic mass is 10.1. The Morgan fingerprint density at radius 2 is 1.92 bits per heavy atom. The van der Waals surface area contributed by atoms with Crippen molar-refractivity contribution in [2.24, 2.45) is 0 Å². The van der Waals surface area contributed by atoms with Crippen LogP contribution >= 0.6 is 0 Å². The molecule has 0 aliphatic carbocycles. The van der Waals surface area contributed by atoms with E-state index in [1.165, 1.54) is 25.3 Å². The van der Waals surface area contributed by atoms with Crippen molar-refractivity contribution in [3.8, 4) is 0 Å². The summed E-state index contributed by atoms with van der Waals surface area (Å²) < 4.78 is 0. The predicted octanol–water partition coefficient (Wildman–Crippen LogP) is 0.820. The van der Waals surface area contributed by atoms with Crippen LogP contribution in [0.3, 0.4) is 0 Å². The van der Waals surface area contributed by atoms with E-state index in [1.54, 1.807) is 6.08 Å². The zero-order valence-corrected chi connectivity index (χ0v) is 7.46. The average molecular weight is 172 g/mol. The first-order chi connectivity index (χ1) is 5.77. The van der Waals surface area contributed by atoms with E-state index in [-0.39, 0.29) is 0 Å². The third kappa shape index (κ3) is 9.17. The van der Waals surface area contributed by atoms with Crippen LogP contribution < -0.4 is 5.73 Å². The van der Waals surface area contributed by atoms with Gasteiger partial charge in [-0.3, -0.25) is 0 Å². The molecule has 0 spiro atoms. The first kappa shape index (κ1) is 11.2. The number of carbonyl (C=O) groups is 1. The van der Waals surface area contributed by atoms with E-state index in [1.807, 2.05) is 0 Å². The van der Waals surface area contributed by atoms with Crippen molar-refractivity contribution in [3.63, 3.8) is 0 Å². The van der Waals surface area contributed by atoms with Gasteiger partial charge in [0.25, 0.3) is 0 Å². The van der Waals surface area contributed by atoms with Gasteiger partial charge in [0.15, 0.2) is 0 Å². The van der Waals surface area contributed by atoms with E-state index in [0.717, 1.165) is 19.4 Å². The number of aliphatic carboxylic acids is 1. The van der Waals surface area contributed by atoms with Crippen molar-refractivity contribution in [3.05, 3.63) is 12.2 Å². The SMILES string of the molecule is [NH3+]CCCCCC/C=C/C(=O)O. The minimum Gasteiger partial charge on any atom is -0.478 e. The van der Waals surface area contributed by atoms with Gasteiger partial charge < -0.3 is 10.8 Å². The number of carboxylic acid groups (broad SMARTS) is 1. The van der Waals surface area contributed by atoms with Crippen LogP contribution in [0.4, 0.5) is 0 Å². The lowest BCUT2D eigenvalue weighted by molar-refractivity contribution is -0.368. The Hall–Kier alpha value is -0.830. The standard InChI is InChI=1S/C9H17NO2/c10-8-6-4-2-1-3-5-7-9(11)12/h5,7H,1-4,6,8,10H2,(H,11,12)/p+1/b7-5+. The zero-order chi connectivity index (χ0) is 9.23. The second-order valence-corrected chi connectivity index (χ2v) is 2.80. The van der Waals surface area contributed by atoms with E-state index in [0.29, 0.717) is 0 Å². The Labute approximate surface area is 73.3 Å². The van der Waals surface area contributed by atoms with E-state index < -0.39 is 5.97 Å². The number of allylic oxidation sites excluding steroid dienone is 1. The molecular weight excluding hydrogens is 154 g/mol. The van der Waals surface area contributed by atoms with Gasteiger partial charge >= 0.3 is 5.97 Å². The Balaban J connectivity index is 3.05. The van der Waals surface area contributed by atoms with Crippen LogP contribution in [0.1, 0.15) is 32.1 Å². The fourth-order valence-electron chi connectivity index (χ4n) is 0.977. The van der Waals surface area contributed by atoms with Crippen molar-refractivity contribution in [2.45, 2.75) is 32.1 Å². The first-order valence-corrected chi connectivity index (χ1v) is 4.46. The molecule has 0 radical (unpaired) electrons. The van der Waals surface area contributed by atoms with Gasteiger partial charge in [0.2, 0.25) is 0 Å². The molecule has 0 atom stereocenters.